The highest BCUT2D eigenvalue weighted by Gasteiger charge is 2.38. The Hall–Kier alpha value is -2.91. The summed E-state index contributed by atoms with van der Waals surface area (Å²) in [4.78, 5) is 18.0. The number of hydrogen-bond acceptors (Lipinski definition) is 4. The highest BCUT2D eigenvalue weighted by Crippen LogP contribution is 2.42. The van der Waals surface area contributed by atoms with E-state index in [2.05, 4.69) is 28.9 Å². The number of fused-ring (bicyclic) bond motifs is 1. The summed E-state index contributed by atoms with van der Waals surface area (Å²) >= 11 is 0. The number of carbonyl (C=O) groups is 1. The zero-order valence-electron chi connectivity index (χ0n) is 17.2. The fourth-order valence-electron chi connectivity index (χ4n) is 3.65. The summed E-state index contributed by atoms with van der Waals surface area (Å²) in [6.07, 6.45) is 0.822. The Balaban J connectivity index is 1.75. The number of carbonyl (C=O) groups excluding carboxylic acids is 1. The number of halogens is 1. The minimum atomic E-state index is -0.458. The van der Waals surface area contributed by atoms with Gasteiger partial charge in [0.2, 0.25) is 0 Å². The first-order valence-electron chi connectivity index (χ1n) is 9.58. The summed E-state index contributed by atoms with van der Waals surface area (Å²) in [6, 6.07) is 11.3. The smallest absolute Gasteiger partial charge is 0.338 e. The fraction of sp³-hybridized carbons (Fsp3) is 0.391. The molecule has 0 bridgehead atoms. The fourth-order valence-corrected chi connectivity index (χ4v) is 3.65. The number of nitrogens with zero attached hydrogens (tertiary/aromatic N) is 2. The summed E-state index contributed by atoms with van der Waals surface area (Å²) in [5, 5.41) is 3.57. The van der Waals surface area contributed by atoms with Crippen molar-refractivity contribution in [3.63, 3.8) is 0 Å². The molecule has 2 atom stereocenters. The zero-order valence-corrected chi connectivity index (χ0v) is 17.2. The van der Waals surface area contributed by atoms with E-state index in [9.17, 15) is 9.18 Å². The molecule has 0 fully saturated rings. The summed E-state index contributed by atoms with van der Waals surface area (Å²) in [7, 11) is 4.06. The molecule has 1 N–H and O–H groups in total. The average Bonchev–Trinajstić information content (AvgIpc) is 2.71. The van der Waals surface area contributed by atoms with E-state index >= 15 is 0 Å². The summed E-state index contributed by atoms with van der Waals surface area (Å²) in [5.74, 6) is -0.844. The first-order valence-corrected chi connectivity index (χ1v) is 9.58. The van der Waals surface area contributed by atoms with Gasteiger partial charge in [-0.25, -0.2) is 14.0 Å². The van der Waals surface area contributed by atoms with Crippen molar-refractivity contribution in [2.45, 2.75) is 32.4 Å². The van der Waals surface area contributed by atoms with Crippen molar-refractivity contribution >= 4 is 17.3 Å². The molecule has 0 aromatic heterocycles. The number of nitrogens with one attached hydrogen (secondary N) is 1. The zero-order chi connectivity index (χ0) is 21.2. The molecule has 0 spiro atoms. The van der Waals surface area contributed by atoms with Crippen LogP contribution in [-0.4, -0.2) is 37.6 Å². The molecule has 2 aromatic carbocycles. The Labute approximate surface area is 171 Å². The van der Waals surface area contributed by atoms with Crippen LogP contribution in [-0.2, 0) is 4.74 Å². The van der Waals surface area contributed by atoms with Gasteiger partial charge in [0.05, 0.1) is 18.7 Å². The van der Waals surface area contributed by atoms with Crippen molar-refractivity contribution in [3.8, 4) is 0 Å². The number of anilines is 1. The van der Waals surface area contributed by atoms with Gasteiger partial charge in [0.25, 0.3) is 0 Å². The van der Waals surface area contributed by atoms with Crippen LogP contribution >= 0.6 is 0 Å². The van der Waals surface area contributed by atoms with Crippen LogP contribution in [0.5, 0.6) is 0 Å². The van der Waals surface area contributed by atoms with Crippen molar-refractivity contribution in [3.05, 3.63) is 70.8 Å². The molecular formula is C23H26FN3O2. The van der Waals surface area contributed by atoms with Gasteiger partial charge in [-0.2, -0.15) is 0 Å². The second kappa shape index (κ2) is 8.22. The predicted octanol–water partition coefficient (Wildman–Crippen LogP) is 5.05. The number of hydrogen-bond donors (Lipinski definition) is 1. The first-order chi connectivity index (χ1) is 13.7. The van der Waals surface area contributed by atoms with E-state index < -0.39 is 5.97 Å². The molecule has 1 aliphatic heterocycles. The minimum absolute atomic E-state index is 0.0715. The van der Waals surface area contributed by atoms with E-state index in [0.717, 1.165) is 17.7 Å². The second-order valence-corrected chi connectivity index (χ2v) is 8.37. The van der Waals surface area contributed by atoms with Gasteiger partial charge in [-0.1, -0.05) is 19.9 Å². The molecule has 0 saturated heterocycles. The lowest BCUT2D eigenvalue weighted by molar-refractivity contribution is 0.0285. The molecule has 2 unspecified atom stereocenters. The highest BCUT2D eigenvalue weighted by atomic mass is 19.1. The molecule has 29 heavy (non-hydrogen) atoms. The van der Waals surface area contributed by atoms with Crippen LogP contribution in [0.2, 0.25) is 0 Å². The Morgan fingerprint density at radius 1 is 1.28 bits per heavy atom. The number of rotatable bonds is 5. The Kier molecular flexibility index (Phi) is 5.90. The van der Waals surface area contributed by atoms with Gasteiger partial charge in [-0.05, 0) is 62.5 Å². The van der Waals surface area contributed by atoms with Gasteiger partial charge in [0.15, 0.2) is 5.69 Å². The molecular weight excluding hydrogens is 369 g/mol. The molecule has 1 aliphatic rings. The van der Waals surface area contributed by atoms with Crippen molar-refractivity contribution in [1.29, 1.82) is 0 Å². The van der Waals surface area contributed by atoms with Crippen LogP contribution in [0.1, 0.15) is 42.2 Å². The van der Waals surface area contributed by atoms with Crippen molar-refractivity contribution in [2.75, 3.05) is 26.0 Å². The predicted molar refractivity (Wildman–Crippen MR) is 112 cm³/mol. The maximum absolute atomic E-state index is 13.1. The van der Waals surface area contributed by atoms with Gasteiger partial charge >= 0.3 is 5.97 Å². The largest absolute Gasteiger partial charge is 0.461 e. The molecule has 152 valence electrons. The van der Waals surface area contributed by atoms with Gasteiger partial charge < -0.3 is 15.0 Å². The summed E-state index contributed by atoms with van der Waals surface area (Å²) in [5.41, 5.74) is 2.74. The molecule has 6 heteroatoms. The number of ether oxygens (including phenoxy) is 1. The molecule has 3 rings (SSSR count). The maximum atomic E-state index is 13.1. The molecule has 0 aliphatic carbocycles. The number of benzene rings is 2. The minimum Gasteiger partial charge on any atom is -0.461 e. The third-order valence-electron chi connectivity index (χ3n) is 5.53. The van der Waals surface area contributed by atoms with Crippen LogP contribution in [0.25, 0.3) is 4.85 Å². The third-order valence-corrected chi connectivity index (χ3v) is 5.53. The Bertz CT molecular complexity index is 932. The number of esters is 1. The molecule has 1 heterocycles. The topological polar surface area (TPSA) is 45.9 Å². The third kappa shape index (κ3) is 4.57. The van der Waals surface area contributed by atoms with Gasteiger partial charge in [0.1, 0.15) is 5.82 Å². The van der Waals surface area contributed by atoms with E-state index in [1.165, 1.54) is 24.3 Å². The SMILES string of the molecule is [C-]#[N+]c1ccc2c(c1)C(N(C)C)CC(C(C)(C)COC(=O)c1ccc(F)cc1)N2. The van der Waals surface area contributed by atoms with E-state index in [1.807, 2.05) is 32.3 Å². The standard InChI is InChI=1S/C23H26FN3O2/c1-23(2,14-29-22(28)15-6-8-16(24)9-7-15)21-13-20(27(4)5)18-12-17(25-3)10-11-19(18)26-21/h6-12,20-21,26H,13-14H2,1-2,4-5H3. The summed E-state index contributed by atoms with van der Waals surface area (Å²) in [6.45, 7) is 11.6. The normalized spacial score (nSPS) is 18.5. The quantitative estimate of drug-likeness (QED) is 0.569. The monoisotopic (exact) mass is 395 g/mol. The highest BCUT2D eigenvalue weighted by molar-refractivity contribution is 5.89. The lowest BCUT2D eigenvalue weighted by atomic mass is 9.77. The average molecular weight is 395 g/mol. The lowest BCUT2D eigenvalue weighted by Gasteiger charge is -2.43. The van der Waals surface area contributed by atoms with Crippen LogP contribution in [0.3, 0.4) is 0 Å². The molecule has 0 radical (unpaired) electrons. The Morgan fingerprint density at radius 3 is 2.59 bits per heavy atom. The van der Waals surface area contributed by atoms with Crippen LogP contribution in [0, 0.1) is 17.8 Å². The summed E-state index contributed by atoms with van der Waals surface area (Å²) < 4.78 is 18.6. The van der Waals surface area contributed by atoms with E-state index in [-0.39, 0.29) is 29.9 Å². The first kappa shape index (κ1) is 20.8. The Morgan fingerprint density at radius 2 is 1.97 bits per heavy atom. The maximum Gasteiger partial charge on any atom is 0.338 e. The molecule has 5 nitrogen and oxygen atoms in total. The van der Waals surface area contributed by atoms with Crippen molar-refractivity contribution in [1.82, 2.24) is 4.90 Å². The van der Waals surface area contributed by atoms with Gasteiger partial charge in [0, 0.05) is 23.2 Å². The van der Waals surface area contributed by atoms with E-state index in [1.54, 1.807) is 0 Å². The van der Waals surface area contributed by atoms with Gasteiger partial charge in [-0.3, -0.25) is 0 Å². The van der Waals surface area contributed by atoms with Gasteiger partial charge in [-0.15, -0.1) is 0 Å². The molecule has 0 saturated carbocycles. The van der Waals surface area contributed by atoms with Crippen molar-refractivity contribution < 1.29 is 13.9 Å². The van der Waals surface area contributed by atoms with E-state index in [0.29, 0.717) is 11.3 Å². The molecule has 0 amide bonds. The second-order valence-electron chi connectivity index (χ2n) is 8.37. The van der Waals surface area contributed by atoms with Crippen molar-refractivity contribution in [2.24, 2.45) is 5.41 Å². The lowest BCUT2D eigenvalue weighted by Crippen LogP contribution is -2.45. The van der Waals surface area contributed by atoms with Crippen LogP contribution in [0.4, 0.5) is 15.8 Å². The van der Waals surface area contributed by atoms with E-state index in [4.69, 9.17) is 11.3 Å². The molecule has 2 aromatic rings. The van der Waals surface area contributed by atoms with Crippen LogP contribution < -0.4 is 5.32 Å². The van der Waals surface area contributed by atoms with Crippen LogP contribution in [0.15, 0.2) is 42.5 Å².